The number of rotatable bonds is 2. The van der Waals surface area contributed by atoms with Crippen molar-refractivity contribution in [3.05, 3.63) is 32.9 Å². The van der Waals surface area contributed by atoms with Gasteiger partial charge in [0.25, 0.3) is 5.56 Å². The van der Waals surface area contributed by atoms with Crippen LogP contribution in [0.4, 0.5) is 4.39 Å². The highest BCUT2D eigenvalue weighted by molar-refractivity contribution is 4.88. The van der Waals surface area contributed by atoms with Gasteiger partial charge in [0, 0.05) is 0 Å². The molecule has 7 nitrogen and oxygen atoms in total. The number of nitrogens with zero attached hydrogens (tertiary/aromatic N) is 1. The van der Waals surface area contributed by atoms with Gasteiger partial charge in [-0.2, -0.15) is 4.39 Å². The second kappa shape index (κ2) is 4.16. The van der Waals surface area contributed by atoms with Gasteiger partial charge in [0.05, 0.1) is 19.4 Å². The molecule has 88 valence electrons. The van der Waals surface area contributed by atoms with E-state index in [0.717, 1.165) is 10.8 Å². The van der Waals surface area contributed by atoms with Crippen LogP contribution in [-0.2, 0) is 9.47 Å². The molecule has 2 atom stereocenters. The third-order valence-corrected chi connectivity index (χ3v) is 2.12. The third kappa shape index (κ3) is 1.90. The molecule has 1 aliphatic rings. The van der Waals surface area contributed by atoms with Crippen molar-refractivity contribution in [2.75, 3.05) is 13.2 Å². The molecule has 0 spiro atoms. The smallest absolute Gasteiger partial charge is 0.330 e. The van der Waals surface area contributed by atoms with E-state index in [0.29, 0.717) is 0 Å². The van der Waals surface area contributed by atoms with Gasteiger partial charge in [-0.05, 0) is 0 Å². The zero-order chi connectivity index (χ0) is 11.7. The Labute approximate surface area is 88.0 Å². The molecule has 2 heterocycles. The van der Waals surface area contributed by atoms with Crippen LogP contribution in [-0.4, -0.2) is 34.2 Å². The molecule has 0 unspecified atom stereocenters. The number of hydrogen-bond acceptors (Lipinski definition) is 5. The van der Waals surface area contributed by atoms with Gasteiger partial charge >= 0.3 is 5.69 Å². The van der Waals surface area contributed by atoms with E-state index in [-0.39, 0.29) is 13.2 Å². The largest absolute Gasteiger partial charge is 0.391 e. The van der Waals surface area contributed by atoms with Gasteiger partial charge in [-0.25, -0.2) is 4.79 Å². The van der Waals surface area contributed by atoms with Crippen molar-refractivity contribution < 1.29 is 19.0 Å². The molecule has 1 aliphatic heterocycles. The molecule has 8 heteroatoms. The number of aromatic nitrogens is 2. The fourth-order valence-electron chi connectivity index (χ4n) is 1.36. The summed E-state index contributed by atoms with van der Waals surface area (Å²) in [6, 6.07) is 0. The number of H-pyrrole nitrogens is 1. The standard InChI is InChI=1S/C8H9FN2O5/c9-4-1-11(8(14)10-7(4)13)5-3-15-6(2-12)16-5/h1,5-6,12H,2-3H2,(H,10,13,14)/t5-,6+/m0/s1. The summed E-state index contributed by atoms with van der Waals surface area (Å²) in [4.78, 5) is 23.9. The molecule has 1 aromatic heterocycles. The average Bonchev–Trinajstić information content (AvgIpc) is 2.71. The van der Waals surface area contributed by atoms with Gasteiger partial charge in [0.2, 0.25) is 5.82 Å². The summed E-state index contributed by atoms with van der Waals surface area (Å²) in [7, 11) is 0. The lowest BCUT2D eigenvalue weighted by atomic mass is 10.5. The first-order chi connectivity index (χ1) is 7.61. The summed E-state index contributed by atoms with van der Waals surface area (Å²) in [6.45, 7) is -0.367. The summed E-state index contributed by atoms with van der Waals surface area (Å²) in [5.41, 5.74) is -1.88. The summed E-state index contributed by atoms with van der Waals surface area (Å²) in [6.07, 6.45) is -0.947. The van der Waals surface area contributed by atoms with Gasteiger partial charge < -0.3 is 14.6 Å². The molecule has 16 heavy (non-hydrogen) atoms. The Hall–Kier alpha value is -1.51. The third-order valence-electron chi connectivity index (χ3n) is 2.12. The molecule has 0 bridgehead atoms. The molecular weight excluding hydrogens is 223 g/mol. The average molecular weight is 232 g/mol. The van der Waals surface area contributed by atoms with Crippen molar-refractivity contribution in [3.8, 4) is 0 Å². The number of ether oxygens (including phenoxy) is 2. The zero-order valence-electron chi connectivity index (χ0n) is 8.05. The number of halogens is 1. The molecule has 1 saturated heterocycles. The Morgan fingerprint density at radius 1 is 1.62 bits per heavy atom. The van der Waals surface area contributed by atoms with Gasteiger partial charge in [-0.15, -0.1) is 0 Å². The summed E-state index contributed by atoms with van der Waals surface area (Å²) in [5, 5.41) is 8.73. The Morgan fingerprint density at radius 2 is 2.38 bits per heavy atom. The quantitative estimate of drug-likeness (QED) is 0.650. The van der Waals surface area contributed by atoms with Gasteiger partial charge in [0.1, 0.15) is 0 Å². The van der Waals surface area contributed by atoms with E-state index in [1.807, 2.05) is 0 Å². The van der Waals surface area contributed by atoms with Crippen LogP contribution in [0.2, 0.25) is 0 Å². The van der Waals surface area contributed by atoms with Crippen LogP contribution in [0.5, 0.6) is 0 Å². The van der Waals surface area contributed by atoms with Crippen LogP contribution < -0.4 is 11.2 Å². The maximum atomic E-state index is 12.9. The molecule has 0 aliphatic carbocycles. The lowest BCUT2D eigenvalue weighted by molar-refractivity contribution is -0.0994. The number of aliphatic hydroxyl groups is 1. The van der Waals surface area contributed by atoms with Crippen LogP contribution in [0.1, 0.15) is 6.23 Å². The van der Waals surface area contributed by atoms with E-state index < -0.39 is 29.6 Å². The van der Waals surface area contributed by atoms with Crippen LogP contribution in [0.15, 0.2) is 15.8 Å². The minimum absolute atomic E-state index is 0.00336. The minimum Gasteiger partial charge on any atom is -0.391 e. The molecule has 2 N–H and O–H groups in total. The van der Waals surface area contributed by atoms with Crippen LogP contribution in [0, 0.1) is 5.82 Å². The SMILES string of the molecule is O=c1[nH]c(=O)n([C@@H]2CO[C@@H](CO)O2)cc1F. The first-order valence-electron chi connectivity index (χ1n) is 4.50. The van der Waals surface area contributed by atoms with Crippen molar-refractivity contribution in [1.29, 1.82) is 0 Å². The molecule has 0 aromatic carbocycles. The van der Waals surface area contributed by atoms with E-state index >= 15 is 0 Å². The lowest BCUT2D eigenvalue weighted by Gasteiger charge is -2.11. The monoisotopic (exact) mass is 232 g/mol. The van der Waals surface area contributed by atoms with Gasteiger partial charge in [-0.3, -0.25) is 14.3 Å². The molecular formula is C8H9FN2O5. The first kappa shape index (κ1) is 11.0. The fourth-order valence-corrected chi connectivity index (χ4v) is 1.36. The van der Waals surface area contributed by atoms with E-state index in [1.54, 1.807) is 4.98 Å². The van der Waals surface area contributed by atoms with Crippen molar-refractivity contribution in [2.45, 2.75) is 12.5 Å². The Bertz CT molecular complexity index is 496. The number of hydrogen-bond donors (Lipinski definition) is 2. The Balaban J connectivity index is 2.32. The maximum absolute atomic E-state index is 12.9. The van der Waals surface area contributed by atoms with Crippen molar-refractivity contribution in [1.82, 2.24) is 9.55 Å². The number of aromatic amines is 1. The fraction of sp³-hybridized carbons (Fsp3) is 0.500. The van der Waals surface area contributed by atoms with Crippen LogP contribution in [0.25, 0.3) is 0 Å². The summed E-state index contributed by atoms with van der Waals surface area (Å²) >= 11 is 0. The molecule has 2 rings (SSSR count). The first-order valence-corrected chi connectivity index (χ1v) is 4.50. The predicted molar refractivity (Wildman–Crippen MR) is 48.2 cm³/mol. The molecule has 1 aromatic rings. The van der Waals surface area contributed by atoms with Gasteiger partial charge in [0.15, 0.2) is 12.5 Å². The molecule has 0 amide bonds. The highest BCUT2D eigenvalue weighted by atomic mass is 19.1. The Morgan fingerprint density at radius 3 is 3.00 bits per heavy atom. The van der Waals surface area contributed by atoms with Gasteiger partial charge in [-0.1, -0.05) is 0 Å². The highest BCUT2D eigenvalue weighted by Crippen LogP contribution is 2.18. The van der Waals surface area contributed by atoms with E-state index in [9.17, 15) is 14.0 Å². The summed E-state index contributed by atoms with van der Waals surface area (Å²) < 4.78 is 23.8. The van der Waals surface area contributed by atoms with Crippen LogP contribution in [0.3, 0.4) is 0 Å². The molecule has 0 saturated carbocycles. The topological polar surface area (TPSA) is 93.6 Å². The minimum atomic E-state index is -1.09. The maximum Gasteiger partial charge on any atom is 0.330 e. The molecule has 0 radical (unpaired) electrons. The zero-order valence-corrected chi connectivity index (χ0v) is 8.05. The molecule has 1 fully saturated rings. The number of aliphatic hydroxyl groups excluding tert-OH is 1. The van der Waals surface area contributed by atoms with E-state index in [2.05, 4.69) is 0 Å². The lowest BCUT2D eigenvalue weighted by Crippen LogP contribution is -2.34. The van der Waals surface area contributed by atoms with E-state index in [4.69, 9.17) is 14.6 Å². The predicted octanol–water partition coefficient (Wildman–Crippen LogP) is -1.46. The van der Waals surface area contributed by atoms with Crippen LogP contribution >= 0.6 is 0 Å². The number of nitrogens with one attached hydrogen (secondary N) is 1. The summed E-state index contributed by atoms with van der Waals surface area (Å²) in [5.74, 6) is -1.09. The second-order valence-electron chi connectivity index (χ2n) is 3.18. The van der Waals surface area contributed by atoms with E-state index in [1.165, 1.54) is 0 Å². The second-order valence-corrected chi connectivity index (χ2v) is 3.18. The van der Waals surface area contributed by atoms with Crippen molar-refractivity contribution in [3.63, 3.8) is 0 Å². The normalized spacial score (nSPS) is 24.9. The Kier molecular flexibility index (Phi) is 2.86. The highest BCUT2D eigenvalue weighted by Gasteiger charge is 2.27. The van der Waals surface area contributed by atoms with Crippen molar-refractivity contribution >= 4 is 0 Å². The van der Waals surface area contributed by atoms with Crippen molar-refractivity contribution in [2.24, 2.45) is 0 Å².